The van der Waals surface area contributed by atoms with Crippen molar-refractivity contribution in [1.82, 2.24) is 4.98 Å². The van der Waals surface area contributed by atoms with Crippen LogP contribution in [-0.2, 0) is 12.8 Å². The van der Waals surface area contributed by atoms with Gasteiger partial charge in [-0.2, -0.15) is 0 Å². The van der Waals surface area contributed by atoms with Crippen LogP contribution in [0.25, 0.3) is 0 Å². The summed E-state index contributed by atoms with van der Waals surface area (Å²) in [5.41, 5.74) is 1.01. The maximum Gasteiger partial charge on any atom is 0.311 e. The molecule has 1 N–H and O–H groups in total. The van der Waals surface area contributed by atoms with Gasteiger partial charge in [-0.05, 0) is 37.3 Å². The number of nitrogens with one attached hydrogen (secondary N) is 1. The van der Waals surface area contributed by atoms with Crippen LogP contribution in [0.4, 0.5) is 10.8 Å². The van der Waals surface area contributed by atoms with Gasteiger partial charge >= 0.3 is 5.69 Å². The summed E-state index contributed by atoms with van der Waals surface area (Å²) in [7, 11) is 1.35. The summed E-state index contributed by atoms with van der Waals surface area (Å²) >= 11 is 1.48. The van der Waals surface area contributed by atoms with Crippen LogP contribution < -0.4 is 10.1 Å². The fourth-order valence-electron chi connectivity index (χ4n) is 2.74. The van der Waals surface area contributed by atoms with Crippen molar-refractivity contribution in [3.8, 4) is 5.75 Å². The smallest absolute Gasteiger partial charge is 0.311 e. The summed E-state index contributed by atoms with van der Waals surface area (Å²) in [5, 5.41) is 14.3. The molecule has 0 saturated heterocycles. The molecule has 126 valence electrons. The molecule has 1 amide bonds. The molecule has 0 radical (unpaired) electrons. The van der Waals surface area contributed by atoms with Crippen molar-refractivity contribution in [1.29, 1.82) is 0 Å². The van der Waals surface area contributed by atoms with Gasteiger partial charge in [0.1, 0.15) is 0 Å². The zero-order chi connectivity index (χ0) is 17.3. The predicted molar refractivity (Wildman–Crippen MR) is 90.9 cm³/mol. The Bertz CT molecular complexity index is 803. The number of carbonyl (C=O) groups is 1. The third kappa shape index (κ3) is 3.23. The highest BCUT2D eigenvalue weighted by atomic mass is 32.1. The number of carbonyl (C=O) groups excluding carboxylic acids is 1. The number of methoxy groups -OCH3 is 1. The average Bonchev–Trinajstić information content (AvgIpc) is 2.95. The van der Waals surface area contributed by atoms with Crippen LogP contribution in [0.3, 0.4) is 0 Å². The van der Waals surface area contributed by atoms with Gasteiger partial charge < -0.3 is 4.74 Å². The Morgan fingerprint density at radius 2 is 2.29 bits per heavy atom. The van der Waals surface area contributed by atoms with Crippen LogP contribution in [0.1, 0.15) is 34.3 Å². The molecule has 1 aliphatic carbocycles. The number of fused-ring (bicyclic) bond motifs is 1. The molecule has 1 heterocycles. The second kappa shape index (κ2) is 6.56. The van der Waals surface area contributed by atoms with E-state index in [2.05, 4.69) is 17.2 Å². The summed E-state index contributed by atoms with van der Waals surface area (Å²) in [6.45, 7) is 2.21. The monoisotopic (exact) mass is 347 g/mol. The standard InChI is InChI=1S/C16H17N3O4S/c1-9-3-5-11-14(7-9)24-16(17-11)18-15(20)10-4-6-13(23-2)12(8-10)19(21)22/h4,6,8-9H,3,5,7H2,1-2H3,(H,17,18,20)/t9-/m0/s1. The number of ether oxygens (including phenoxy) is 1. The Kier molecular flexibility index (Phi) is 4.48. The van der Waals surface area contributed by atoms with E-state index < -0.39 is 10.8 Å². The van der Waals surface area contributed by atoms with Gasteiger partial charge in [0.15, 0.2) is 10.9 Å². The maximum atomic E-state index is 12.4. The number of hydrogen-bond acceptors (Lipinski definition) is 6. The molecule has 1 atom stereocenters. The third-order valence-corrected chi connectivity index (χ3v) is 5.08. The molecule has 8 heteroatoms. The number of nitrogens with zero attached hydrogens (tertiary/aromatic N) is 2. The number of nitro benzene ring substituents is 1. The summed E-state index contributed by atoms with van der Waals surface area (Å²) in [6.07, 6.45) is 3.02. The SMILES string of the molecule is COc1ccc(C(=O)Nc2nc3c(s2)C[C@@H](C)CC3)cc1[N+](=O)[O-]. The van der Waals surface area contributed by atoms with Gasteiger partial charge in [0.05, 0.1) is 17.7 Å². The Hall–Kier alpha value is -2.48. The molecule has 1 aromatic carbocycles. The lowest BCUT2D eigenvalue weighted by atomic mass is 9.93. The Morgan fingerprint density at radius 1 is 1.50 bits per heavy atom. The first-order valence-electron chi connectivity index (χ1n) is 7.60. The highest BCUT2D eigenvalue weighted by Crippen LogP contribution is 2.33. The van der Waals surface area contributed by atoms with Gasteiger partial charge in [0.25, 0.3) is 5.91 Å². The largest absolute Gasteiger partial charge is 0.490 e. The first-order chi connectivity index (χ1) is 11.5. The van der Waals surface area contributed by atoms with Gasteiger partial charge in [-0.25, -0.2) is 4.98 Å². The second-order valence-electron chi connectivity index (χ2n) is 5.83. The molecule has 0 fully saturated rings. The molecular formula is C16H17N3O4S. The van der Waals surface area contributed by atoms with Crippen LogP contribution in [0, 0.1) is 16.0 Å². The van der Waals surface area contributed by atoms with Gasteiger partial charge in [-0.3, -0.25) is 20.2 Å². The zero-order valence-electron chi connectivity index (χ0n) is 13.4. The van der Waals surface area contributed by atoms with Gasteiger partial charge in [-0.15, -0.1) is 11.3 Å². The van der Waals surface area contributed by atoms with E-state index in [0.717, 1.165) is 25.0 Å². The summed E-state index contributed by atoms with van der Waals surface area (Å²) < 4.78 is 4.94. The number of anilines is 1. The van der Waals surface area contributed by atoms with Crippen LogP contribution in [0.5, 0.6) is 5.75 Å². The lowest BCUT2D eigenvalue weighted by Gasteiger charge is -2.15. The lowest BCUT2D eigenvalue weighted by molar-refractivity contribution is -0.385. The molecule has 24 heavy (non-hydrogen) atoms. The Labute approximate surface area is 142 Å². The highest BCUT2D eigenvalue weighted by molar-refractivity contribution is 7.15. The highest BCUT2D eigenvalue weighted by Gasteiger charge is 2.22. The van der Waals surface area contributed by atoms with Crippen LogP contribution in [-0.4, -0.2) is 22.9 Å². The fourth-order valence-corrected chi connectivity index (χ4v) is 3.90. The fraction of sp³-hybridized carbons (Fsp3) is 0.375. The van der Waals surface area contributed by atoms with E-state index >= 15 is 0 Å². The van der Waals surface area contributed by atoms with Crippen LogP contribution in [0.15, 0.2) is 18.2 Å². The quantitative estimate of drug-likeness (QED) is 0.675. The number of hydrogen-bond donors (Lipinski definition) is 1. The topological polar surface area (TPSA) is 94.4 Å². The number of rotatable bonds is 4. The number of aromatic nitrogens is 1. The van der Waals surface area contributed by atoms with Gasteiger partial charge in [0, 0.05) is 16.5 Å². The van der Waals surface area contributed by atoms with Crippen LogP contribution >= 0.6 is 11.3 Å². The molecule has 0 unspecified atom stereocenters. The normalized spacial score (nSPS) is 16.3. The van der Waals surface area contributed by atoms with Crippen molar-refractivity contribution in [3.05, 3.63) is 44.4 Å². The van der Waals surface area contributed by atoms with E-state index in [4.69, 9.17) is 4.74 Å². The Morgan fingerprint density at radius 3 is 3.00 bits per heavy atom. The van der Waals surface area contributed by atoms with Crippen LogP contribution in [0.2, 0.25) is 0 Å². The number of amides is 1. The lowest BCUT2D eigenvalue weighted by Crippen LogP contribution is -2.12. The minimum Gasteiger partial charge on any atom is -0.490 e. The third-order valence-electron chi connectivity index (χ3n) is 4.04. The summed E-state index contributed by atoms with van der Waals surface area (Å²) in [6, 6.07) is 4.13. The van der Waals surface area contributed by atoms with E-state index in [-0.39, 0.29) is 17.0 Å². The molecule has 1 aromatic heterocycles. The molecule has 0 bridgehead atoms. The van der Waals surface area contributed by atoms with E-state index in [1.165, 1.54) is 41.5 Å². The number of aryl methyl sites for hydroxylation is 1. The molecule has 7 nitrogen and oxygen atoms in total. The van der Waals surface area contributed by atoms with Crippen molar-refractivity contribution < 1.29 is 14.5 Å². The first kappa shape index (κ1) is 16.4. The van der Waals surface area contributed by atoms with Gasteiger partial charge in [0.2, 0.25) is 0 Å². The number of nitro groups is 1. The van der Waals surface area contributed by atoms with Crippen molar-refractivity contribution in [3.63, 3.8) is 0 Å². The molecule has 1 aliphatic rings. The summed E-state index contributed by atoms with van der Waals surface area (Å²) in [5.74, 6) is 0.334. The summed E-state index contributed by atoms with van der Waals surface area (Å²) in [4.78, 5) is 28.5. The van der Waals surface area contributed by atoms with Crippen molar-refractivity contribution in [2.45, 2.75) is 26.2 Å². The van der Waals surface area contributed by atoms with E-state index in [9.17, 15) is 14.9 Å². The number of thiazole rings is 1. The average molecular weight is 347 g/mol. The van der Waals surface area contributed by atoms with Crippen molar-refractivity contribution in [2.24, 2.45) is 5.92 Å². The first-order valence-corrected chi connectivity index (χ1v) is 8.42. The molecule has 0 saturated carbocycles. The second-order valence-corrected chi connectivity index (χ2v) is 6.92. The molecular weight excluding hydrogens is 330 g/mol. The molecule has 3 rings (SSSR count). The molecule has 0 spiro atoms. The van der Waals surface area contributed by atoms with E-state index in [0.29, 0.717) is 11.0 Å². The van der Waals surface area contributed by atoms with E-state index in [1.807, 2.05) is 0 Å². The minimum atomic E-state index is -0.570. The number of benzene rings is 1. The van der Waals surface area contributed by atoms with Crippen molar-refractivity contribution >= 4 is 28.1 Å². The Balaban J connectivity index is 1.80. The van der Waals surface area contributed by atoms with Crippen molar-refractivity contribution in [2.75, 3.05) is 12.4 Å². The maximum absolute atomic E-state index is 12.4. The predicted octanol–water partition coefficient (Wildman–Crippen LogP) is 3.44. The zero-order valence-corrected chi connectivity index (χ0v) is 14.2. The minimum absolute atomic E-state index is 0.121. The van der Waals surface area contributed by atoms with Gasteiger partial charge in [-0.1, -0.05) is 6.92 Å². The molecule has 2 aromatic rings. The molecule has 0 aliphatic heterocycles. The van der Waals surface area contributed by atoms with E-state index in [1.54, 1.807) is 0 Å².